The molecule has 55 heavy (non-hydrogen) atoms. The Bertz CT molecular complexity index is 2050. The molecule has 0 amide bonds. The quantitative estimate of drug-likeness (QED) is 0.0798. The second-order valence-corrected chi connectivity index (χ2v) is 14.3. The Morgan fingerprint density at radius 1 is 0.855 bits per heavy atom. The molecule has 1 saturated heterocycles. The molecule has 0 aliphatic carbocycles. The van der Waals surface area contributed by atoms with E-state index >= 15 is 0 Å². The number of benzene rings is 3. The van der Waals surface area contributed by atoms with Crippen LogP contribution in [0.2, 0.25) is 0 Å². The van der Waals surface area contributed by atoms with E-state index in [2.05, 4.69) is 15.3 Å². The lowest BCUT2D eigenvalue weighted by Crippen LogP contribution is -2.38. The zero-order valence-electron chi connectivity index (χ0n) is 31.4. The third-order valence-corrected chi connectivity index (χ3v) is 9.34. The second-order valence-electron chi connectivity index (χ2n) is 14.3. The van der Waals surface area contributed by atoms with Crippen molar-refractivity contribution in [3.8, 4) is 5.75 Å². The summed E-state index contributed by atoms with van der Waals surface area (Å²) in [6.07, 6.45) is -1.71. The first-order valence-corrected chi connectivity index (χ1v) is 17.9. The van der Waals surface area contributed by atoms with E-state index in [0.29, 0.717) is 22.7 Å². The van der Waals surface area contributed by atoms with Gasteiger partial charge in [-0.2, -0.15) is 0 Å². The van der Waals surface area contributed by atoms with Crippen LogP contribution in [0.15, 0.2) is 97.6 Å². The summed E-state index contributed by atoms with van der Waals surface area (Å²) in [6.45, 7) is 5.73. The summed E-state index contributed by atoms with van der Waals surface area (Å²) in [5.41, 5.74) is 1.74. The Hall–Kier alpha value is -5.70. The fourth-order valence-corrected chi connectivity index (χ4v) is 6.44. The molecule has 3 heterocycles. The Morgan fingerprint density at radius 3 is 2.09 bits per heavy atom. The monoisotopic (exact) mass is 751 g/mol. The first-order chi connectivity index (χ1) is 26.4. The van der Waals surface area contributed by atoms with Crippen LogP contribution >= 0.6 is 0 Å². The number of methoxy groups -OCH3 is 1. The van der Waals surface area contributed by atoms with Crippen molar-refractivity contribution in [2.45, 2.75) is 70.6 Å². The molecule has 0 spiro atoms. The van der Waals surface area contributed by atoms with E-state index in [9.17, 15) is 19.5 Å². The fraction of sp³-hybridized carbons (Fsp3) is 0.366. The van der Waals surface area contributed by atoms with Gasteiger partial charge in [0.1, 0.15) is 48.3 Å². The van der Waals surface area contributed by atoms with E-state index in [1.165, 1.54) is 19.6 Å². The van der Waals surface area contributed by atoms with Crippen LogP contribution in [0.1, 0.15) is 63.5 Å². The van der Waals surface area contributed by atoms with Crippen LogP contribution in [0.3, 0.4) is 0 Å². The number of esters is 2. The summed E-state index contributed by atoms with van der Waals surface area (Å²) >= 11 is 0. The van der Waals surface area contributed by atoms with Crippen LogP contribution in [0, 0.1) is 5.41 Å². The molecule has 2 N–H and O–H groups in total. The number of nitrogens with one attached hydrogen (secondary N) is 1. The molecule has 14 heteroatoms. The Morgan fingerprint density at radius 2 is 1.49 bits per heavy atom. The van der Waals surface area contributed by atoms with Gasteiger partial charge in [0.15, 0.2) is 30.0 Å². The predicted molar refractivity (Wildman–Crippen MR) is 201 cm³/mol. The number of hydrogen-bond donors (Lipinski definition) is 2. The topological polar surface area (TPSA) is 173 Å². The van der Waals surface area contributed by atoms with Crippen LogP contribution < -0.4 is 10.1 Å². The summed E-state index contributed by atoms with van der Waals surface area (Å²) in [4.78, 5) is 50.2. The minimum absolute atomic E-state index is 0.0314. The molecule has 0 saturated carbocycles. The molecular weight excluding hydrogens is 706 g/mol. The third-order valence-electron chi connectivity index (χ3n) is 9.34. The summed E-state index contributed by atoms with van der Waals surface area (Å²) < 4.78 is 29.9. The minimum atomic E-state index is -1.34. The van der Waals surface area contributed by atoms with E-state index in [-0.39, 0.29) is 25.2 Å². The summed E-state index contributed by atoms with van der Waals surface area (Å²) in [5, 5.41) is 15.4. The molecular formula is C41H45N5O9. The van der Waals surface area contributed by atoms with E-state index in [1.54, 1.807) is 32.4 Å². The van der Waals surface area contributed by atoms with E-state index in [4.69, 9.17) is 28.7 Å². The Labute approximate surface area is 318 Å². The first-order valence-electron chi connectivity index (χ1n) is 17.9. The van der Waals surface area contributed by atoms with Crippen molar-refractivity contribution in [3.05, 3.63) is 114 Å². The van der Waals surface area contributed by atoms with E-state index < -0.39 is 54.2 Å². The normalized spacial score (nSPS) is 18.5. The number of aliphatic hydroxyl groups excluding tert-OH is 1. The molecule has 1 fully saturated rings. The number of Topliss-reactive ketones (excluding diaryl/α,β-unsaturated/α-hetero) is 1. The number of rotatable bonds is 15. The maximum absolute atomic E-state index is 12.4. The molecule has 1 aliphatic rings. The molecule has 0 radical (unpaired) electrons. The van der Waals surface area contributed by atoms with Gasteiger partial charge in [-0.05, 0) is 56.5 Å². The number of carbonyl (C=O) groups is 3. The van der Waals surface area contributed by atoms with Gasteiger partial charge in [-0.15, -0.1) is 0 Å². The van der Waals surface area contributed by atoms with Crippen LogP contribution in [-0.2, 0) is 38.9 Å². The molecule has 4 atom stereocenters. The maximum Gasteiger partial charge on any atom is 0.313 e. The largest absolute Gasteiger partial charge is 0.497 e. The third kappa shape index (κ3) is 8.51. The highest BCUT2D eigenvalue weighted by atomic mass is 16.7. The Kier molecular flexibility index (Phi) is 11.9. The highest BCUT2D eigenvalue weighted by molar-refractivity contribution is 5.84. The molecule has 0 bridgehead atoms. The number of ketones is 1. The van der Waals surface area contributed by atoms with Gasteiger partial charge in [-0.3, -0.25) is 14.2 Å². The zero-order valence-corrected chi connectivity index (χ0v) is 31.4. The van der Waals surface area contributed by atoms with E-state index in [0.717, 1.165) is 16.7 Å². The van der Waals surface area contributed by atoms with Gasteiger partial charge in [0.05, 0.1) is 25.3 Å². The lowest BCUT2D eigenvalue weighted by atomic mass is 9.77. The molecule has 288 valence electrons. The molecule has 3 aromatic carbocycles. The number of hydrogen-bond acceptors (Lipinski definition) is 13. The minimum Gasteiger partial charge on any atom is -0.497 e. The van der Waals surface area contributed by atoms with E-state index in [1.807, 2.05) is 84.9 Å². The molecule has 5 aromatic rings. The van der Waals surface area contributed by atoms with Crippen molar-refractivity contribution >= 4 is 34.7 Å². The van der Waals surface area contributed by atoms with Gasteiger partial charge < -0.3 is 38.9 Å². The zero-order chi connectivity index (χ0) is 39.2. The number of imidazole rings is 1. The Balaban J connectivity index is 1.36. The van der Waals surface area contributed by atoms with Crippen LogP contribution in [0.5, 0.6) is 5.75 Å². The highest BCUT2D eigenvalue weighted by Gasteiger charge is 2.47. The summed E-state index contributed by atoms with van der Waals surface area (Å²) in [6, 6.07) is 27.8. The van der Waals surface area contributed by atoms with Gasteiger partial charge in [0, 0.05) is 6.42 Å². The van der Waals surface area contributed by atoms with Crippen molar-refractivity contribution in [1.82, 2.24) is 19.5 Å². The second kappa shape index (κ2) is 16.8. The molecule has 0 unspecified atom stereocenters. The molecule has 2 aromatic heterocycles. The van der Waals surface area contributed by atoms with Gasteiger partial charge in [0.25, 0.3) is 0 Å². The predicted octanol–water partition coefficient (Wildman–Crippen LogP) is 5.34. The van der Waals surface area contributed by atoms with Crippen LogP contribution in [-0.4, -0.2) is 81.2 Å². The van der Waals surface area contributed by atoms with Gasteiger partial charge >= 0.3 is 11.9 Å². The van der Waals surface area contributed by atoms with Crippen molar-refractivity contribution in [3.63, 3.8) is 0 Å². The van der Waals surface area contributed by atoms with Crippen molar-refractivity contribution in [1.29, 1.82) is 0 Å². The number of ether oxygens (including phenoxy) is 5. The molecule has 1 aliphatic heterocycles. The molecule has 14 nitrogen and oxygen atoms in total. The number of fused-ring (bicyclic) bond motifs is 1. The van der Waals surface area contributed by atoms with Crippen molar-refractivity contribution in [2.24, 2.45) is 5.41 Å². The van der Waals surface area contributed by atoms with Crippen molar-refractivity contribution in [2.75, 3.05) is 25.8 Å². The highest BCUT2D eigenvalue weighted by Crippen LogP contribution is 2.42. The standard InChI is InChI=1S/C41H45N5O9/c1-26(47)16-21-32(48)52-22-31-35(53-25-54-39(50)40(2,3)4)34(49)38(55-31)46-24-44-33-36(42-23-43-37(33)46)45-41(27-12-8-6-9-13-27,28-14-10-7-11-15-28)29-17-19-30(51-5)20-18-29/h6-15,17-20,23-24,31,34-35,38,49H,16,21-22,25H2,1-5H3,(H,42,43,45)/t31-,34-,35-,38-/m1/s1. The molecule has 6 rings (SSSR count). The average Bonchev–Trinajstić information content (AvgIpc) is 3.76. The number of nitrogens with zero attached hydrogens (tertiary/aromatic N) is 4. The smallest absolute Gasteiger partial charge is 0.313 e. The lowest BCUT2D eigenvalue weighted by molar-refractivity contribution is -0.178. The van der Waals surface area contributed by atoms with Crippen LogP contribution in [0.4, 0.5) is 5.82 Å². The summed E-state index contributed by atoms with van der Waals surface area (Å²) in [7, 11) is 1.62. The average molecular weight is 752 g/mol. The van der Waals surface area contributed by atoms with Crippen molar-refractivity contribution < 1.29 is 43.2 Å². The van der Waals surface area contributed by atoms with Gasteiger partial charge in [0.2, 0.25) is 0 Å². The number of carbonyl (C=O) groups excluding carboxylic acids is 3. The SMILES string of the molecule is COc1ccc(C(Nc2ncnc3c2ncn3[C@@H]2O[C@H](COC(=O)CCC(C)=O)[C@@H](OCOC(=O)C(C)(C)C)[C@H]2O)(c2ccccc2)c2ccccc2)cc1. The number of anilines is 1. The van der Waals surface area contributed by atoms with Gasteiger partial charge in [-0.25, -0.2) is 15.0 Å². The number of aliphatic hydroxyl groups is 1. The van der Waals surface area contributed by atoms with Crippen LogP contribution in [0.25, 0.3) is 11.2 Å². The van der Waals surface area contributed by atoms with Gasteiger partial charge in [-0.1, -0.05) is 72.8 Å². The maximum atomic E-state index is 12.4. The first kappa shape index (κ1) is 39.0. The number of aromatic nitrogens is 4. The lowest BCUT2D eigenvalue weighted by Gasteiger charge is -2.37. The fourth-order valence-electron chi connectivity index (χ4n) is 6.44. The summed E-state index contributed by atoms with van der Waals surface area (Å²) in [5.74, 6) is -0.154.